The molecular weight excluding hydrogens is 246 g/mol. The minimum Gasteiger partial charge on any atom is -0.397 e. The molecule has 0 unspecified atom stereocenters. The van der Waals surface area contributed by atoms with Crippen molar-refractivity contribution in [3.8, 4) is 0 Å². The quantitative estimate of drug-likeness (QED) is 0.748. The molecule has 5 heteroatoms. The number of nitrogen functional groups attached to an aromatic ring is 1. The van der Waals surface area contributed by atoms with Crippen molar-refractivity contribution in [3.63, 3.8) is 0 Å². The molecule has 4 nitrogen and oxygen atoms in total. The first-order valence-electron chi connectivity index (χ1n) is 6.30. The van der Waals surface area contributed by atoms with Crippen molar-refractivity contribution in [2.45, 2.75) is 32.7 Å². The largest absolute Gasteiger partial charge is 0.397 e. The fourth-order valence-corrected chi connectivity index (χ4v) is 2.27. The van der Waals surface area contributed by atoms with E-state index in [1.54, 1.807) is 6.07 Å². The number of nitrogens with two attached hydrogens (primary N) is 1. The van der Waals surface area contributed by atoms with Crippen LogP contribution >= 0.6 is 11.8 Å². The van der Waals surface area contributed by atoms with Crippen LogP contribution in [0.2, 0.25) is 0 Å². The van der Waals surface area contributed by atoms with Crippen molar-refractivity contribution in [1.82, 2.24) is 9.88 Å². The molecule has 1 aromatic heterocycles. The third-order valence-corrected chi connectivity index (χ3v) is 3.42. The van der Waals surface area contributed by atoms with Crippen molar-refractivity contribution in [3.05, 3.63) is 18.0 Å². The highest BCUT2D eigenvalue weighted by molar-refractivity contribution is 7.98. The van der Waals surface area contributed by atoms with E-state index in [1.165, 1.54) is 0 Å². The maximum Gasteiger partial charge on any atom is 0.267 e. The first kappa shape index (κ1) is 15.0. The summed E-state index contributed by atoms with van der Waals surface area (Å²) in [6.45, 7) is 4.80. The van der Waals surface area contributed by atoms with Crippen molar-refractivity contribution >= 4 is 23.4 Å². The van der Waals surface area contributed by atoms with Gasteiger partial charge in [0, 0.05) is 18.8 Å². The van der Waals surface area contributed by atoms with E-state index in [0.29, 0.717) is 11.4 Å². The lowest BCUT2D eigenvalue weighted by atomic mass is 10.3. The van der Waals surface area contributed by atoms with Crippen molar-refractivity contribution in [1.29, 1.82) is 0 Å². The maximum absolute atomic E-state index is 12.0. The monoisotopic (exact) mass is 269 g/mol. The van der Waals surface area contributed by atoms with E-state index >= 15 is 0 Å². The minimum absolute atomic E-state index is 0.0375. The van der Waals surface area contributed by atoms with Crippen LogP contribution in [0.4, 0.5) is 5.69 Å². The smallest absolute Gasteiger partial charge is 0.267 e. The van der Waals surface area contributed by atoms with Crippen LogP contribution in [0.5, 0.6) is 0 Å². The van der Waals surface area contributed by atoms with Crippen LogP contribution < -0.4 is 11.1 Å². The highest BCUT2D eigenvalue weighted by atomic mass is 32.2. The number of rotatable bonds is 7. The number of hydrogen-bond acceptors (Lipinski definition) is 3. The number of thioether (sulfide) groups is 1. The van der Waals surface area contributed by atoms with E-state index in [4.69, 9.17) is 5.73 Å². The molecule has 3 N–H and O–H groups in total. The summed E-state index contributed by atoms with van der Waals surface area (Å²) in [6.07, 6.45) is 6.06. The van der Waals surface area contributed by atoms with Gasteiger partial charge in [-0.15, -0.1) is 0 Å². The number of unbranched alkanes of at least 4 members (excludes halogenated alkanes) is 1. The Morgan fingerprint density at radius 3 is 2.83 bits per heavy atom. The molecule has 0 saturated heterocycles. The predicted octanol–water partition coefficient (Wildman–Crippen LogP) is 2.52. The number of aromatic nitrogens is 1. The molecule has 0 saturated carbocycles. The first-order chi connectivity index (χ1) is 8.56. The average Bonchev–Trinajstić information content (AvgIpc) is 2.71. The molecular formula is C13H23N3OS. The minimum atomic E-state index is -0.0375. The maximum atomic E-state index is 12.0. The van der Waals surface area contributed by atoms with E-state index in [-0.39, 0.29) is 11.9 Å². The van der Waals surface area contributed by atoms with Gasteiger partial charge in [0.15, 0.2) is 0 Å². The third-order valence-electron chi connectivity index (χ3n) is 2.72. The summed E-state index contributed by atoms with van der Waals surface area (Å²) in [5.74, 6) is 1.11. The number of carbonyl (C=O) groups excluding carboxylic acids is 1. The first-order valence-corrected chi connectivity index (χ1v) is 7.70. The molecule has 0 aliphatic rings. The second-order valence-corrected chi connectivity index (χ2v) is 5.60. The van der Waals surface area contributed by atoms with Crippen LogP contribution in [0.1, 0.15) is 43.2 Å². The Labute approximate surface area is 113 Å². The zero-order valence-corrected chi connectivity index (χ0v) is 12.2. The Morgan fingerprint density at radius 1 is 1.50 bits per heavy atom. The lowest BCUT2D eigenvalue weighted by Gasteiger charge is -2.12. The van der Waals surface area contributed by atoms with Crippen LogP contribution in [-0.2, 0) is 0 Å². The molecule has 0 fully saturated rings. The summed E-state index contributed by atoms with van der Waals surface area (Å²) in [5, 5.41) is 2.94. The van der Waals surface area contributed by atoms with Gasteiger partial charge in [-0.2, -0.15) is 11.8 Å². The Balaban J connectivity index is 2.51. The summed E-state index contributed by atoms with van der Waals surface area (Å²) >= 11 is 1.83. The SMILES string of the molecule is CSCCCCNC(=O)c1cc(N)cn1C(C)C. The van der Waals surface area contributed by atoms with Gasteiger partial charge < -0.3 is 15.6 Å². The molecule has 1 rings (SSSR count). The van der Waals surface area contributed by atoms with E-state index in [0.717, 1.165) is 25.1 Å². The summed E-state index contributed by atoms with van der Waals surface area (Å²) in [7, 11) is 0. The van der Waals surface area contributed by atoms with Gasteiger partial charge in [0.1, 0.15) is 5.69 Å². The average molecular weight is 269 g/mol. The van der Waals surface area contributed by atoms with Crippen LogP contribution in [0.15, 0.2) is 12.3 Å². The number of nitrogens with zero attached hydrogens (tertiary/aromatic N) is 1. The van der Waals surface area contributed by atoms with Crippen LogP contribution in [0.3, 0.4) is 0 Å². The number of anilines is 1. The van der Waals surface area contributed by atoms with Gasteiger partial charge in [-0.1, -0.05) is 0 Å². The van der Waals surface area contributed by atoms with E-state index in [9.17, 15) is 4.79 Å². The molecule has 0 spiro atoms. The summed E-state index contributed by atoms with van der Waals surface area (Å²) in [6, 6.07) is 1.97. The second-order valence-electron chi connectivity index (χ2n) is 4.62. The zero-order valence-electron chi connectivity index (χ0n) is 11.4. The number of amides is 1. The van der Waals surface area contributed by atoms with Crippen LogP contribution in [0, 0.1) is 0 Å². The van der Waals surface area contributed by atoms with Gasteiger partial charge in [0.2, 0.25) is 0 Å². The molecule has 0 aliphatic heterocycles. The summed E-state index contributed by atoms with van der Waals surface area (Å²) in [4.78, 5) is 12.0. The lowest BCUT2D eigenvalue weighted by molar-refractivity contribution is 0.0942. The molecule has 0 radical (unpaired) electrons. The molecule has 1 aromatic rings. The van der Waals surface area contributed by atoms with Crippen molar-refractivity contribution < 1.29 is 4.79 Å². The van der Waals surface area contributed by atoms with Gasteiger partial charge in [0.25, 0.3) is 5.91 Å². The topological polar surface area (TPSA) is 60.1 Å². The van der Waals surface area contributed by atoms with Gasteiger partial charge >= 0.3 is 0 Å². The molecule has 0 aromatic carbocycles. The normalized spacial score (nSPS) is 10.9. The lowest BCUT2D eigenvalue weighted by Crippen LogP contribution is -2.27. The van der Waals surface area contributed by atoms with Gasteiger partial charge in [-0.25, -0.2) is 0 Å². The summed E-state index contributed by atoms with van der Waals surface area (Å²) < 4.78 is 1.91. The van der Waals surface area contributed by atoms with Gasteiger partial charge in [0.05, 0.1) is 5.69 Å². The Bertz CT molecular complexity index is 388. The standard InChI is InChI=1S/C13H23N3OS/c1-10(2)16-9-11(14)8-12(16)13(17)15-6-4-5-7-18-3/h8-10H,4-7,14H2,1-3H3,(H,15,17). The number of nitrogens with one attached hydrogen (secondary N) is 1. The zero-order chi connectivity index (χ0) is 13.5. The Kier molecular flexibility index (Phi) is 6.12. The molecule has 0 aliphatic carbocycles. The number of carbonyl (C=O) groups is 1. The fraction of sp³-hybridized carbons (Fsp3) is 0.615. The molecule has 1 amide bonds. The van der Waals surface area contributed by atoms with Gasteiger partial charge in [-0.05, 0) is 44.8 Å². The van der Waals surface area contributed by atoms with Crippen molar-refractivity contribution in [2.24, 2.45) is 0 Å². The molecule has 18 heavy (non-hydrogen) atoms. The summed E-state index contributed by atoms with van der Waals surface area (Å²) in [5.41, 5.74) is 7.03. The Hall–Kier alpha value is -1.10. The Morgan fingerprint density at radius 2 is 2.22 bits per heavy atom. The molecule has 0 bridgehead atoms. The number of hydrogen-bond donors (Lipinski definition) is 2. The molecule has 0 atom stereocenters. The molecule has 1 heterocycles. The van der Waals surface area contributed by atoms with Crippen LogP contribution in [-0.4, -0.2) is 29.0 Å². The van der Waals surface area contributed by atoms with Crippen molar-refractivity contribution in [2.75, 3.05) is 24.3 Å². The third kappa shape index (κ3) is 4.29. The molecule has 102 valence electrons. The predicted molar refractivity (Wildman–Crippen MR) is 79.2 cm³/mol. The highest BCUT2D eigenvalue weighted by Crippen LogP contribution is 2.16. The second kappa shape index (κ2) is 7.36. The van der Waals surface area contributed by atoms with E-state index in [1.807, 2.05) is 36.4 Å². The highest BCUT2D eigenvalue weighted by Gasteiger charge is 2.13. The fourth-order valence-electron chi connectivity index (χ4n) is 1.77. The van der Waals surface area contributed by atoms with E-state index < -0.39 is 0 Å². The van der Waals surface area contributed by atoms with E-state index in [2.05, 4.69) is 11.6 Å². The van der Waals surface area contributed by atoms with Crippen LogP contribution in [0.25, 0.3) is 0 Å². The van der Waals surface area contributed by atoms with Gasteiger partial charge in [-0.3, -0.25) is 4.79 Å².